The van der Waals surface area contributed by atoms with E-state index in [1.165, 1.54) is 67.2 Å². The average Bonchev–Trinajstić information content (AvgIpc) is 3.24. The van der Waals surface area contributed by atoms with Crippen LogP contribution < -0.4 is 10.2 Å². The molecule has 0 spiro atoms. The Hall–Kier alpha value is -0.540. The van der Waals surface area contributed by atoms with Gasteiger partial charge in [-0.2, -0.15) is 0 Å². The molecular formula is C18H25BrN2. The average molecular weight is 349 g/mol. The molecule has 1 N–H and O–H groups in total. The third kappa shape index (κ3) is 3.00. The zero-order chi connectivity index (χ0) is 14.2. The van der Waals surface area contributed by atoms with E-state index in [0.717, 1.165) is 24.5 Å². The Morgan fingerprint density at radius 2 is 1.95 bits per heavy atom. The minimum atomic E-state index is 0.776. The highest BCUT2D eigenvalue weighted by atomic mass is 79.9. The molecule has 1 heterocycles. The largest absolute Gasteiger partial charge is 0.368 e. The van der Waals surface area contributed by atoms with Gasteiger partial charge in [0.25, 0.3) is 0 Å². The Morgan fingerprint density at radius 1 is 1.10 bits per heavy atom. The molecule has 3 heteroatoms. The van der Waals surface area contributed by atoms with Crippen LogP contribution in [0, 0.1) is 5.92 Å². The highest BCUT2D eigenvalue weighted by Gasteiger charge is 2.36. The predicted molar refractivity (Wildman–Crippen MR) is 91.7 cm³/mol. The van der Waals surface area contributed by atoms with Crippen molar-refractivity contribution in [2.75, 3.05) is 11.4 Å². The molecule has 2 aliphatic carbocycles. The molecule has 2 atom stereocenters. The van der Waals surface area contributed by atoms with Gasteiger partial charge in [0, 0.05) is 35.3 Å². The Balaban J connectivity index is 1.57. The van der Waals surface area contributed by atoms with E-state index in [9.17, 15) is 0 Å². The number of hydrogen-bond donors (Lipinski definition) is 1. The molecule has 3 fully saturated rings. The van der Waals surface area contributed by atoms with Crippen molar-refractivity contribution in [1.29, 1.82) is 0 Å². The summed E-state index contributed by atoms with van der Waals surface area (Å²) in [6.45, 7) is 2.28. The predicted octanol–water partition coefficient (Wildman–Crippen LogP) is 4.47. The first kappa shape index (κ1) is 14.1. The first-order valence-corrected chi connectivity index (χ1v) is 9.39. The summed E-state index contributed by atoms with van der Waals surface area (Å²) in [5.74, 6) is 0.951. The lowest BCUT2D eigenvalue weighted by atomic mass is 9.85. The Bertz CT molecular complexity index is 512. The van der Waals surface area contributed by atoms with Crippen molar-refractivity contribution in [1.82, 2.24) is 5.32 Å². The van der Waals surface area contributed by atoms with Crippen LogP contribution in [-0.2, 0) is 6.54 Å². The summed E-state index contributed by atoms with van der Waals surface area (Å²) in [6.07, 6.45) is 9.84. The third-order valence-electron chi connectivity index (χ3n) is 5.52. The van der Waals surface area contributed by atoms with Gasteiger partial charge in [0.1, 0.15) is 0 Å². The zero-order valence-electron chi connectivity index (χ0n) is 12.7. The van der Waals surface area contributed by atoms with Crippen molar-refractivity contribution >= 4 is 21.6 Å². The lowest BCUT2D eigenvalue weighted by molar-refractivity contribution is 0.342. The lowest BCUT2D eigenvalue weighted by Crippen LogP contribution is -2.35. The smallest absolute Gasteiger partial charge is 0.0415 e. The Labute approximate surface area is 136 Å². The van der Waals surface area contributed by atoms with Crippen molar-refractivity contribution in [2.24, 2.45) is 5.92 Å². The summed E-state index contributed by atoms with van der Waals surface area (Å²) in [5.41, 5.74) is 2.96. The fourth-order valence-electron chi connectivity index (χ4n) is 4.22. The fourth-order valence-corrected chi connectivity index (χ4v) is 4.63. The maximum Gasteiger partial charge on any atom is 0.0415 e. The maximum atomic E-state index is 3.69. The summed E-state index contributed by atoms with van der Waals surface area (Å²) in [5, 5.41) is 3.69. The van der Waals surface area contributed by atoms with Gasteiger partial charge in [-0.25, -0.2) is 0 Å². The number of nitrogens with zero attached hydrogens (tertiary/aromatic N) is 1. The normalized spacial score (nSPS) is 28.7. The maximum absolute atomic E-state index is 3.69. The monoisotopic (exact) mass is 348 g/mol. The Kier molecular flexibility index (Phi) is 3.97. The first-order chi connectivity index (χ1) is 10.3. The molecule has 2 nitrogen and oxygen atoms in total. The van der Waals surface area contributed by atoms with Crippen molar-refractivity contribution in [2.45, 2.75) is 63.6 Å². The van der Waals surface area contributed by atoms with Crippen LogP contribution >= 0.6 is 15.9 Å². The summed E-state index contributed by atoms with van der Waals surface area (Å²) in [7, 11) is 0. The molecule has 114 valence electrons. The number of anilines is 1. The van der Waals surface area contributed by atoms with Gasteiger partial charge < -0.3 is 10.2 Å². The SMILES string of the molecule is Brc1ccc(N2CCC3CCCCC32)c(CNC2CC2)c1. The van der Waals surface area contributed by atoms with Gasteiger partial charge in [0.2, 0.25) is 0 Å². The van der Waals surface area contributed by atoms with Crippen LogP contribution in [0.3, 0.4) is 0 Å². The number of benzene rings is 1. The van der Waals surface area contributed by atoms with E-state index in [1.807, 2.05) is 0 Å². The van der Waals surface area contributed by atoms with Crippen molar-refractivity contribution < 1.29 is 0 Å². The molecule has 1 aliphatic heterocycles. The molecule has 1 aromatic rings. The minimum absolute atomic E-state index is 0.776. The molecule has 1 aromatic carbocycles. The Morgan fingerprint density at radius 3 is 2.81 bits per heavy atom. The van der Waals surface area contributed by atoms with E-state index in [2.05, 4.69) is 44.3 Å². The fraction of sp³-hybridized carbons (Fsp3) is 0.667. The molecule has 4 rings (SSSR count). The second-order valence-electron chi connectivity index (χ2n) is 7.02. The van der Waals surface area contributed by atoms with Gasteiger partial charge in [-0.05, 0) is 61.8 Å². The minimum Gasteiger partial charge on any atom is -0.368 e. The van der Waals surface area contributed by atoms with Crippen LogP contribution in [0.25, 0.3) is 0 Å². The molecule has 1 saturated heterocycles. The summed E-state index contributed by atoms with van der Waals surface area (Å²) in [6, 6.07) is 8.45. The van der Waals surface area contributed by atoms with Crippen molar-refractivity contribution in [3.8, 4) is 0 Å². The summed E-state index contributed by atoms with van der Waals surface area (Å²) in [4.78, 5) is 2.72. The van der Waals surface area contributed by atoms with E-state index in [1.54, 1.807) is 0 Å². The highest BCUT2D eigenvalue weighted by molar-refractivity contribution is 9.10. The standard InChI is InChI=1S/C18H25BrN2/c19-15-5-8-18(14(11-15)12-20-16-6-7-16)21-10-9-13-3-1-2-4-17(13)21/h5,8,11,13,16-17,20H,1-4,6-7,9-10,12H2. The van der Waals surface area contributed by atoms with Gasteiger partial charge in [-0.15, -0.1) is 0 Å². The number of hydrogen-bond acceptors (Lipinski definition) is 2. The van der Waals surface area contributed by atoms with E-state index in [0.29, 0.717) is 0 Å². The number of rotatable bonds is 4. The lowest BCUT2D eigenvalue weighted by Gasteiger charge is -2.34. The van der Waals surface area contributed by atoms with Crippen LogP contribution in [-0.4, -0.2) is 18.6 Å². The topological polar surface area (TPSA) is 15.3 Å². The summed E-state index contributed by atoms with van der Waals surface area (Å²) < 4.78 is 1.21. The van der Waals surface area contributed by atoms with Gasteiger partial charge in [-0.3, -0.25) is 0 Å². The van der Waals surface area contributed by atoms with E-state index >= 15 is 0 Å². The van der Waals surface area contributed by atoms with Crippen LogP contribution in [0.15, 0.2) is 22.7 Å². The number of fused-ring (bicyclic) bond motifs is 1. The van der Waals surface area contributed by atoms with E-state index < -0.39 is 0 Å². The van der Waals surface area contributed by atoms with Crippen molar-refractivity contribution in [3.63, 3.8) is 0 Å². The molecular weight excluding hydrogens is 324 g/mol. The molecule has 2 saturated carbocycles. The van der Waals surface area contributed by atoms with Gasteiger partial charge in [-0.1, -0.05) is 28.8 Å². The second kappa shape index (κ2) is 5.92. The molecule has 0 aromatic heterocycles. The first-order valence-electron chi connectivity index (χ1n) is 8.60. The van der Waals surface area contributed by atoms with Gasteiger partial charge in [0.05, 0.1) is 0 Å². The van der Waals surface area contributed by atoms with E-state index in [4.69, 9.17) is 0 Å². The molecule has 2 unspecified atom stereocenters. The van der Waals surface area contributed by atoms with Gasteiger partial charge >= 0.3 is 0 Å². The molecule has 0 amide bonds. The van der Waals surface area contributed by atoms with Crippen LogP contribution in [0.5, 0.6) is 0 Å². The van der Waals surface area contributed by atoms with Gasteiger partial charge in [0.15, 0.2) is 0 Å². The van der Waals surface area contributed by atoms with Crippen LogP contribution in [0.1, 0.15) is 50.5 Å². The molecule has 0 bridgehead atoms. The summed E-state index contributed by atoms with van der Waals surface area (Å²) >= 11 is 3.65. The second-order valence-corrected chi connectivity index (χ2v) is 7.94. The quantitative estimate of drug-likeness (QED) is 0.863. The highest BCUT2D eigenvalue weighted by Crippen LogP contribution is 2.40. The molecule has 0 radical (unpaired) electrons. The van der Waals surface area contributed by atoms with Crippen LogP contribution in [0.2, 0.25) is 0 Å². The number of nitrogens with one attached hydrogen (secondary N) is 1. The zero-order valence-corrected chi connectivity index (χ0v) is 14.2. The van der Waals surface area contributed by atoms with E-state index in [-0.39, 0.29) is 0 Å². The number of halogens is 1. The molecule has 21 heavy (non-hydrogen) atoms. The van der Waals surface area contributed by atoms with Crippen LogP contribution in [0.4, 0.5) is 5.69 Å². The molecule has 3 aliphatic rings. The third-order valence-corrected chi connectivity index (χ3v) is 6.01. The van der Waals surface area contributed by atoms with Crippen molar-refractivity contribution in [3.05, 3.63) is 28.2 Å².